The van der Waals surface area contributed by atoms with Crippen LogP contribution >= 0.6 is 0 Å². The van der Waals surface area contributed by atoms with Gasteiger partial charge in [0.2, 0.25) is 0 Å². The van der Waals surface area contributed by atoms with Crippen LogP contribution in [-0.2, 0) is 0 Å². The van der Waals surface area contributed by atoms with E-state index in [0.717, 1.165) is 11.5 Å². The van der Waals surface area contributed by atoms with Crippen molar-refractivity contribution in [1.82, 2.24) is 0 Å². The first kappa shape index (κ1) is 13.1. The molecule has 0 radical (unpaired) electrons. The summed E-state index contributed by atoms with van der Waals surface area (Å²) in [6.07, 6.45) is 11.9. The van der Waals surface area contributed by atoms with Crippen molar-refractivity contribution in [1.29, 1.82) is 0 Å². The van der Waals surface area contributed by atoms with E-state index in [-0.39, 0.29) is 0 Å². The van der Waals surface area contributed by atoms with Gasteiger partial charge in [0.15, 0.2) is 0 Å². The Hall–Kier alpha value is -2.22. The van der Waals surface area contributed by atoms with E-state index in [4.69, 9.17) is 9.47 Å². The standard InChI is InChI=1S/C22H20O2/c1-23-21-17-9-15-11-3-4-12(7-11)16(15)10-18(17)22(24-2)20-14-6-5-13(8-14)19(20)21/h3-6,9-14H,7-8H2,1-2H3/t11-,12+,13+,14-. The molecule has 4 bridgehead atoms. The monoisotopic (exact) mass is 316 g/mol. The number of hydrogen-bond donors (Lipinski definition) is 0. The van der Waals surface area contributed by atoms with Crippen LogP contribution in [0.15, 0.2) is 36.4 Å². The molecule has 4 aliphatic carbocycles. The molecule has 0 fully saturated rings. The molecule has 0 saturated heterocycles. The Bertz CT molecular complexity index is 892. The van der Waals surface area contributed by atoms with E-state index in [1.807, 2.05) is 14.2 Å². The maximum absolute atomic E-state index is 5.95. The first-order valence-corrected chi connectivity index (χ1v) is 8.92. The van der Waals surface area contributed by atoms with Crippen molar-refractivity contribution in [3.05, 3.63) is 58.7 Å². The van der Waals surface area contributed by atoms with Gasteiger partial charge >= 0.3 is 0 Å². The predicted molar refractivity (Wildman–Crippen MR) is 95.5 cm³/mol. The number of fused-ring (bicyclic) bond motifs is 11. The largest absolute Gasteiger partial charge is 0.496 e. The lowest BCUT2D eigenvalue weighted by molar-refractivity contribution is 0.403. The average Bonchev–Trinajstić information content (AvgIpc) is 3.38. The number of hydrogen-bond acceptors (Lipinski definition) is 2. The minimum Gasteiger partial charge on any atom is -0.496 e. The molecule has 0 N–H and O–H groups in total. The summed E-state index contributed by atoms with van der Waals surface area (Å²) < 4.78 is 11.9. The summed E-state index contributed by atoms with van der Waals surface area (Å²) in [6.45, 7) is 0. The quantitative estimate of drug-likeness (QED) is 0.714. The lowest BCUT2D eigenvalue weighted by atomic mass is 9.87. The van der Waals surface area contributed by atoms with Crippen LogP contribution in [-0.4, -0.2) is 14.2 Å². The van der Waals surface area contributed by atoms with Crippen LogP contribution in [0.3, 0.4) is 0 Å². The third-order valence-electron chi connectivity index (χ3n) is 6.61. The molecule has 0 unspecified atom stereocenters. The molecule has 2 aromatic carbocycles. The van der Waals surface area contributed by atoms with Gasteiger partial charge in [-0.25, -0.2) is 0 Å². The van der Waals surface area contributed by atoms with E-state index in [9.17, 15) is 0 Å². The van der Waals surface area contributed by atoms with Crippen LogP contribution in [0.5, 0.6) is 11.5 Å². The first-order valence-electron chi connectivity index (χ1n) is 8.92. The van der Waals surface area contributed by atoms with Crippen molar-refractivity contribution in [2.45, 2.75) is 36.5 Å². The van der Waals surface area contributed by atoms with E-state index in [1.54, 1.807) is 0 Å². The Morgan fingerprint density at radius 2 is 1.08 bits per heavy atom. The average molecular weight is 316 g/mol. The molecule has 4 atom stereocenters. The SMILES string of the molecule is COc1c2c(c(OC)c3cc4c(cc13)[C@H]1C=C[C@@H]4C1)[C@H]1C=C[C@@H]2C1. The van der Waals surface area contributed by atoms with Gasteiger partial charge in [-0.1, -0.05) is 24.3 Å². The molecule has 2 nitrogen and oxygen atoms in total. The highest BCUT2D eigenvalue weighted by atomic mass is 16.5. The van der Waals surface area contributed by atoms with Gasteiger partial charge in [0.25, 0.3) is 0 Å². The Morgan fingerprint density at radius 3 is 1.54 bits per heavy atom. The third-order valence-corrected chi connectivity index (χ3v) is 6.61. The van der Waals surface area contributed by atoms with Gasteiger partial charge in [-0.3, -0.25) is 0 Å². The predicted octanol–water partition coefficient (Wildman–Crippen LogP) is 5.14. The highest BCUT2D eigenvalue weighted by Crippen LogP contribution is 2.59. The second-order valence-electron chi connectivity index (χ2n) is 7.59. The van der Waals surface area contributed by atoms with Gasteiger partial charge in [-0.15, -0.1) is 0 Å². The fourth-order valence-electron chi connectivity index (χ4n) is 5.65. The van der Waals surface area contributed by atoms with Crippen molar-refractivity contribution in [2.75, 3.05) is 14.2 Å². The molecule has 0 amide bonds. The summed E-state index contributed by atoms with van der Waals surface area (Å²) >= 11 is 0. The summed E-state index contributed by atoms with van der Waals surface area (Å²) in [5.41, 5.74) is 5.73. The summed E-state index contributed by atoms with van der Waals surface area (Å²) in [7, 11) is 3.63. The Morgan fingerprint density at radius 1 is 0.667 bits per heavy atom. The van der Waals surface area contributed by atoms with Gasteiger partial charge < -0.3 is 9.47 Å². The van der Waals surface area contributed by atoms with Crippen molar-refractivity contribution in [3.8, 4) is 11.5 Å². The third kappa shape index (κ3) is 1.35. The molecule has 0 heterocycles. The molecule has 4 aliphatic rings. The summed E-state index contributed by atoms with van der Waals surface area (Å²) in [5, 5.41) is 2.46. The van der Waals surface area contributed by atoms with Crippen LogP contribution in [0.2, 0.25) is 0 Å². The van der Waals surface area contributed by atoms with Crippen LogP contribution in [0, 0.1) is 0 Å². The number of methoxy groups -OCH3 is 2. The molecule has 0 saturated carbocycles. The van der Waals surface area contributed by atoms with Gasteiger partial charge in [0.1, 0.15) is 11.5 Å². The second-order valence-corrected chi connectivity index (χ2v) is 7.59. The second kappa shape index (κ2) is 4.24. The topological polar surface area (TPSA) is 18.5 Å². The summed E-state index contributed by atoms with van der Waals surface area (Å²) in [5.74, 6) is 4.31. The van der Waals surface area contributed by atoms with Crippen LogP contribution in [0.25, 0.3) is 10.8 Å². The molecule has 24 heavy (non-hydrogen) atoms. The molecule has 2 aromatic rings. The fraction of sp³-hybridized carbons (Fsp3) is 0.364. The number of benzene rings is 2. The zero-order valence-electron chi connectivity index (χ0n) is 14.0. The molecule has 120 valence electrons. The number of allylic oxidation sites excluding steroid dienone is 4. The van der Waals surface area contributed by atoms with E-state index in [2.05, 4.69) is 36.4 Å². The van der Waals surface area contributed by atoms with Gasteiger partial charge in [0.05, 0.1) is 14.2 Å². The van der Waals surface area contributed by atoms with Gasteiger partial charge in [0, 0.05) is 45.6 Å². The van der Waals surface area contributed by atoms with E-state index < -0.39 is 0 Å². The minimum atomic E-state index is 0.489. The van der Waals surface area contributed by atoms with Crippen LogP contribution < -0.4 is 9.47 Å². The molecule has 0 aliphatic heterocycles. The normalized spacial score (nSPS) is 30.2. The maximum Gasteiger partial charge on any atom is 0.131 e. The van der Waals surface area contributed by atoms with Gasteiger partial charge in [-0.2, -0.15) is 0 Å². The summed E-state index contributed by atoms with van der Waals surface area (Å²) in [4.78, 5) is 0. The molecule has 6 rings (SSSR count). The number of rotatable bonds is 2. The van der Waals surface area contributed by atoms with Gasteiger partial charge in [-0.05, 0) is 36.1 Å². The molecular formula is C22H20O2. The first-order chi connectivity index (χ1) is 11.8. The minimum absolute atomic E-state index is 0.489. The molecule has 0 spiro atoms. The van der Waals surface area contributed by atoms with E-state index >= 15 is 0 Å². The lowest BCUT2D eigenvalue weighted by Gasteiger charge is -2.23. The van der Waals surface area contributed by atoms with Crippen molar-refractivity contribution in [2.24, 2.45) is 0 Å². The van der Waals surface area contributed by atoms with E-state index in [0.29, 0.717) is 23.7 Å². The zero-order valence-corrected chi connectivity index (χ0v) is 14.0. The Kier molecular flexibility index (Phi) is 2.32. The van der Waals surface area contributed by atoms with Crippen molar-refractivity contribution < 1.29 is 9.47 Å². The Labute approximate surface area is 141 Å². The number of ether oxygens (including phenoxy) is 2. The molecule has 2 heteroatoms. The Balaban J connectivity index is 1.75. The fourth-order valence-corrected chi connectivity index (χ4v) is 5.65. The smallest absolute Gasteiger partial charge is 0.131 e. The van der Waals surface area contributed by atoms with Crippen LogP contribution in [0.1, 0.15) is 58.8 Å². The molecular weight excluding hydrogens is 296 g/mol. The maximum atomic E-state index is 5.95. The molecule has 0 aromatic heterocycles. The van der Waals surface area contributed by atoms with Crippen molar-refractivity contribution in [3.63, 3.8) is 0 Å². The van der Waals surface area contributed by atoms with Crippen LogP contribution in [0.4, 0.5) is 0 Å². The lowest BCUT2D eigenvalue weighted by Crippen LogP contribution is -2.04. The zero-order chi connectivity index (χ0) is 16.0. The summed E-state index contributed by atoms with van der Waals surface area (Å²) in [6, 6.07) is 4.77. The highest BCUT2D eigenvalue weighted by Gasteiger charge is 2.40. The van der Waals surface area contributed by atoms with E-state index in [1.165, 1.54) is 45.9 Å². The highest BCUT2D eigenvalue weighted by molar-refractivity contribution is 5.99. The van der Waals surface area contributed by atoms with Crippen molar-refractivity contribution >= 4 is 10.8 Å².